The van der Waals surface area contributed by atoms with Crippen molar-refractivity contribution in [3.05, 3.63) is 18.6 Å². The van der Waals surface area contributed by atoms with Gasteiger partial charge >= 0.3 is 0 Å². The van der Waals surface area contributed by atoms with E-state index < -0.39 is 0 Å². The molecule has 0 spiro atoms. The molecule has 0 radical (unpaired) electrons. The van der Waals surface area contributed by atoms with E-state index in [2.05, 4.69) is 15.3 Å². The molecule has 1 saturated carbocycles. The summed E-state index contributed by atoms with van der Waals surface area (Å²) >= 11 is 0. The Morgan fingerprint density at radius 2 is 2.40 bits per heavy atom. The van der Waals surface area contributed by atoms with E-state index in [0.717, 1.165) is 5.82 Å². The Labute approximate surface area is 59.5 Å². The van der Waals surface area contributed by atoms with Crippen LogP contribution in [0, 0.1) is 0 Å². The molecule has 0 saturated heterocycles. The summed E-state index contributed by atoms with van der Waals surface area (Å²) in [4.78, 5) is 7.86. The predicted octanol–water partition coefficient (Wildman–Crippen LogP) is 1.05. The molecule has 0 unspecified atom stereocenters. The zero-order valence-electron chi connectivity index (χ0n) is 5.62. The number of hydrogen-bond acceptors (Lipinski definition) is 3. The lowest BCUT2D eigenvalue weighted by Gasteiger charge is -1.99. The van der Waals surface area contributed by atoms with E-state index in [9.17, 15) is 0 Å². The first-order chi connectivity index (χ1) is 4.95. The van der Waals surface area contributed by atoms with Crippen LogP contribution in [0.4, 0.5) is 5.82 Å². The number of aromatic nitrogens is 2. The monoisotopic (exact) mass is 135 g/mol. The standard InChI is InChI=1S/C7H9N3/c1-2-6(1)10-7-3-4-8-5-9-7/h3-6H,1-2H2,(H,8,9,10). The van der Waals surface area contributed by atoms with Gasteiger partial charge in [0.1, 0.15) is 12.1 Å². The van der Waals surface area contributed by atoms with Gasteiger partial charge in [0, 0.05) is 12.2 Å². The largest absolute Gasteiger partial charge is 0.367 e. The van der Waals surface area contributed by atoms with Crippen LogP contribution in [0.5, 0.6) is 0 Å². The van der Waals surface area contributed by atoms with Crippen LogP contribution in [0.1, 0.15) is 12.8 Å². The highest BCUT2D eigenvalue weighted by Crippen LogP contribution is 2.22. The number of nitrogens with one attached hydrogen (secondary N) is 1. The molecule has 1 aromatic rings. The Balaban J connectivity index is 2.03. The molecule has 0 amide bonds. The van der Waals surface area contributed by atoms with Gasteiger partial charge in [-0.1, -0.05) is 0 Å². The van der Waals surface area contributed by atoms with Gasteiger partial charge in [-0.3, -0.25) is 0 Å². The summed E-state index contributed by atoms with van der Waals surface area (Å²) in [7, 11) is 0. The Bertz CT molecular complexity index is 205. The van der Waals surface area contributed by atoms with Crippen molar-refractivity contribution in [3.8, 4) is 0 Å². The Morgan fingerprint density at radius 1 is 1.50 bits per heavy atom. The summed E-state index contributed by atoms with van der Waals surface area (Å²) in [5.74, 6) is 0.942. The van der Waals surface area contributed by atoms with Crippen LogP contribution < -0.4 is 5.32 Å². The van der Waals surface area contributed by atoms with Crippen molar-refractivity contribution in [1.82, 2.24) is 9.97 Å². The molecule has 0 atom stereocenters. The molecule has 3 heteroatoms. The fourth-order valence-electron chi connectivity index (χ4n) is 0.813. The molecule has 1 aliphatic rings. The maximum atomic E-state index is 4.04. The number of hydrogen-bond donors (Lipinski definition) is 1. The summed E-state index contributed by atoms with van der Waals surface area (Å²) in [6, 6.07) is 2.56. The normalized spacial score (nSPS) is 16.8. The molecule has 0 aliphatic heterocycles. The fraction of sp³-hybridized carbons (Fsp3) is 0.429. The van der Waals surface area contributed by atoms with Crippen LogP contribution in [0.15, 0.2) is 18.6 Å². The summed E-state index contributed by atoms with van der Waals surface area (Å²) in [5.41, 5.74) is 0. The summed E-state index contributed by atoms with van der Waals surface area (Å²) in [6.45, 7) is 0. The van der Waals surface area contributed by atoms with Crippen molar-refractivity contribution in [1.29, 1.82) is 0 Å². The maximum Gasteiger partial charge on any atom is 0.129 e. The molecule has 1 aromatic heterocycles. The van der Waals surface area contributed by atoms with E-state index in [-0.39, 0.29) is 0 Å². The van der Waals surface area contributed by atoms with E-state index in [1.165, 1.54) is 12.8 Å². The van der Waals surface area contributed by atoms with Crippen molar-refractivity contribution in [3.63, 3.8) is 0 Å². The van der Waals surface area contributed by atoms with Crippen LogP contribution in [-0.4, -0.2) is 16.0 Å². The van der Waals surface area contributed by atoms with Gasteiger partial charge in [-0.05, 0) is 18.9 Å². The molecule has 2 rings (SSSR count). The Kier molecular flexibility index (Phi) is 1.27. The molecule has 1 heterocycles. The van der Waals surface area contributed by atoms with Gasteiger partial charge in [0.15, 0.2) is 0 Å². The molecule has 10 heavy (non-hydrogen) atoms. The number of anilines is 1. The van der Waals surface area contributed by atoms with Gasteiger partial charge in [0.2, 0.25) is 0 Å². The highest BCUT2D eigenvalue weighted by atomic mass is 15.0. The first kappa shape index (κ1) is 5.65. The van der Waals surface area contributed by atoms with Crippen molar-refractivity contribution in [2.75, 3.05) is 5.32 Å². The number of nitrogens with zero attached hydrogens (tertiary/aromatic N) is 2. The lowest BCUT2D eigenvalue weighted by atomic mass is 10.5. The van der Waals surface area contributed by atoms with Gasteiger partial charge in [-0.15, -0.1) is 0 Å². The molecule has 0 aromatic carbocycles. The van der Waals surface area contributed by atoms with E-state index in [4.69, 9.17) is 0 Å². The minimum Gasteiger partial charge on any atom is -0.367 e. The molecule has 52 valence electrons. The zero-order valence-corrected chi connectivity index (χ0v) is 5.62. The molecule has 1 fully saturated rings. The van der Waals surface area contributed by atoms with Crippen LogP contribution in [-0.2, 0) is 0 Å². The smallest absolute Gasteiger partial charge is 0.129 e. The van der Waals surface area contributed by atoms with Crippen molar-refractivity contribution in [2.45, 2.75) is 18.9 Å². The van der Waals surface area contributed by atoms with Crippen molar-refractivity contribution < 1.29 is 0 Å². The third-order valence-corrected chi connectivity index (χ3v) is 1.51. The third kappa shape index (κ3) is 1.23. The molecular weight excluding hydrogens is 126 g/mol. The second-order valence-electron chi connectivity index (χ2n) is 2.51. The maximum absolute atomic E-state index is 4.04. The SMILES string of the molecule is c1cc(NC2CC2)ncn1. The van der Waals surface area contributed by atoms with Gasteiger partial charge in [-0.25, -0.2) is 9.97 Å². The van der Waals surface area contributed by atoms with E-state index in [0.29, 0.717) is 6.04 Å². The lowest BCUT2D eigenvalue weighted by Crippen LogP contribution is -2.02. The predicted molar refractivity (Wildman–Crippen MR) is 38.7 cm³/mol. The van der Waals surface area contributed by atoms with Crippen LogP contribution in [0.3, 0.4) is 0 Å². The zero-order chi connectivity index (χ0) is 6.81. The Hall–Kier alpha value is -1.12. The second-order valence-corrected chi connectivity index (χ2v) is 2.51. The van der Waals surface area contributed by atoms with Crippen LogP contribution >= 0.6 is 0 Å². The van der Waals surface area contributed by atoms with Crippen molar-refractivity contribution in [2.24, 2.45) is 0 Å². The summed E-state index contributed by atoms with van der Waals surface area (Å²) in [6.07, 6.45) is 5.87. The van der Waals surface area contributed by atoms with Crippen molar-refractivity contribution >= 4 is 5.82 Å². The molecule has 1 aliphatic carbocycles. The lowest BCUT2D eigenvalue weighted by molar-refractivity contribution is 1.08. The molecule has 0 bridgehead atoms. The van der Waals surface area contributed by atoms with Crippen LogP contribution in [0.25, 0.3) is 0 Å². The number of rotatable bonds is 2. The average Bonchev–Trinajstić information content (AvgIpc) is 2.74. The summed E-state index contributed by atoms with van der Waals surface area (Å²) < 4.78 is 0. The first-order valence-corrected chi connectivity index (χ1v) is 3.48. The van der Waals surface area contributed by atoms with E-state index in [1.54, 1.807) is 12.5 Å². The fourth-order valence-corrected chi connectivity index (χ4v) is 0.813. The Morgan fingerprint density at radius 3 is 3.00 bits per heavy atom. The molecule has 1 N–H and O–H groups in total. The highest BCUT2D eigenvalue weighted by Gasteiger charge is 2.20. The van der Waals surface area contributed by atoms with E-state index in [1.807, 2.05) is 6.07 Å². The molecule has 3 nitrogen and oxygen atoms in total. The van der Waals surface area contributed by atoms with E-state index >= 15 is 0 Å². The second kappa shape index (κ2) is 2.25. The highest BCUT2D eigenvalue weighted by molar-refractivity contribution is 5.34. The topological polar surface area (TPSA) is 37.8 Å². The average molecular weight is 135 g/mol. The van der Waals surface area contributed by atoms with Gasteiger partial charge in [0.05, 0.1) is 0 Å². The summed E-state index contributed by atoms with van der Waals surface area (Å²) in [5, 5.41) is 3.26. The van der Waals surface area contributed by atoms with Gasteiger partial charge in [-0.2, -0.15) is 0 Å². The van der Waals surface area contributed by atoms with Gasteiger partial charge in [0.25, 0.3) is 0 Å². The first-order valence-electron chi connectivity index (χ1n) is 3.48. The third-order valence-electron chi connectivity index (χ3n) is 1.51. The minimum absolute atomic E-state index is 0.676. The molecular formula is C7H9N3. The van der Waals surface area contributed by atoms with Gasteiger partial charge < -0.3 is 5.32 Å². The minimum atomic E-state index is 0.676. The van der Waals surface area contributed by atoms with Crippen LogP contribution in [0.2, 0.25) is 0 Å². The quantitative estimate of drug-likeness (QED) is 0.658.